The lowest BCUT2D eigenvalue weighted by Gasteiger charge is -2.26. The highest BCUT2D eigenvalue weighted by molar-refractivity contribution is 5.95. The lowest BCUT2D eigenvalue weighted by atomic mass is 9.93. The second-order valence-corrected chi connectivity index (χ2v) is 15.6. The smallest absolute Gasteiger partial charge is 0.253 e. The van der Waals surface area contributed by atoms with E-state index in [9.17, 15) is 19.5 Å². The van der Waals surface area contributed by atoms with E-state index < -0.39 is 36.2 Å². The van der Waals surface area contributed by atoms with Crippen LogP contribution in [0.5, 0.6) is 0 Å². The minimum absolute atomic E-state index is 0.357. The Hall–Kier alpha value is -1.99. The van der Waals surface area contributed by atoms with Crippen LogP contribution in [0.4, 0.5) is 0 Å². The van der Waals surface area contributed by atoms with Crippen LogP contribution in [-0.2, 0) is 14.4 Å². The third-order valence-electron chi connectivity index (χ3n) is 9.89. The highest BCUT2D eigenvalue weighted by atomic mass is 16.3. The fourth-order valence-electron chi connectivity index (χ4n) is 6.26. The molecule has 0 fully saturated rings. The number of unbranched alkanes of at least 4 members (excludes halogenated alkanes) is 9. The van der Waals surface area contributed by atoms with Crippen molar-refractivity contribution in [2.75, 3.05) is 118 Å². The summed E-state index contributed by atoms with van der Waals surface area (Å²) in [6.45, 7) is 15.0. The van der Waals surface area contributed by atoms with E-state index in [1.807, 2.05) is 0 Å². The first-order chi connectivity index (χ1) is 28.4. The zero-order valence-electron chi connectivity index (χ0n) is 36.8. The van der Waals surface area contributed by atoms with Crippen LogP contribution >= 0.6 is 0 Å². The standard InChI is InChI=1S/C42H92N12O4/c43-19-1-4-22-46-25-7-10-28-49-31-13-16-34-52-39(55)37-42(58,41(57)54-36-18-15-33-51-30-12-9-27-48-24-6-3-21-45)38-40(56)53-35-17-14-32-50-29-11-8-26-47-23-5-2-20-44/h46-51,58H,1-38,43-45H2,(H,52,55)(H,53,56)(H,54,57). The Balaban J connectivity index is 4.47. The minimum Gasteiger partial charge on any atom is -0.379 e. The average Bonchev–Trinajstić information content (AvgIpc) is 3.21. The van der Waals surface area contributed by atoms with Crippen LogP contribution in [0.25, 0.3) is 0 Å². The van der Waals surface area contributed by atoms with Gasteiger partial charge < -0.3 is 70.2 Å². The molecule has 0 spiro atoms. The van der Waals surface area contributed by atoms with E-state index in [1.165, 1.54) is 0 Å². The summed E-state index contributed by atoms with van der Waals surface area (Å²) in [6, 6.07) is 0. The van der Waals surface area contributed by atoms with Gasteiger partial charge in [-0.15, -0.1) is 0 Å². The number of carbonyl (C=O) groups excluding carboxylic acids is 3. The van der Waals surface area contributed by atoms with Crippen LogP contribution < -0.4 is 65.1 Å². The van der Waals surface area contributed by atoms with Gasteiger partial charge >= 0.3 is 0 Å². The lowest BCUT2D eigenvalue weighted by Crippen LogP contribution is -2.52. The Morgan fingerprint density at radius 1 is 0.328 bits per heavy atom. The molecule has 16 nitrogen and oxygen atoms in total. The first-order valence-corrected chi connectivity index (χ1v) is 23.3. The van der Waals surface area contributed by atoms with Gasteiger partial charge in [-0.3, -0.25) is 14.4 Å². The summed E-state index contributed by atoms with van der Waals surface area (Å²) in [7, 11) is 0. The molecule has 0 aliphatic rings. The van der Waals surface area contributed by atoms with Crippen molar-refractivity contribution >= 4 is 17.7 Å². The molecule has 0 aromatic heterocycles. The van der Waals surface area contributed by atoms with Crippen molar-refractivity contribution in [3.63, 3.8) is 0 Å². The van der Waals surface area contributed by atoms with Gasteiger partial charge in [-0.05, 0) is 214 Å². The quantitative estimate of drug-likeness (QED) is 0.0369. The number of amides is 3. The minimum atomic E-state index is -2.13. The van der Waals surface area contributed by atoms with E-state index in [1.54, 1.807) is 0 Å². The average molecular weight is 829 g/mol. The van der Waals surface area contributed by atoms with Crippen LogP contribution in [0.3, 0.4) is 0 Å². The Morgan fingerprint density at radius 2 is 0.534 bits per heavy atom. The monoisotopic (exact) mass is 829 g/mol. The predicted octanol–water partition coefficient (Wildman–Crippen LogP) is 0.282. The van der Waals surface area contributed by atoms with Crippen LogP contribution in [0.1, 0.15) is 128 Å². The molecular formula is C42H92N12O4. The number of nitrogens with two attached hydrogens (primary N) is 3. The molecule has 0 aliphatic carbocycles. The van der Waals surface area contributed by atoms with E-state index in [2.05, 4.69) is 47.9 Å². The lowest BCUT2D eigenvalue weighted by molar-refractivity contribution is -0.149. The molecule has 58 heavy (non-hydrogen) atoms. The van der Waals surface area contributed by atoms with Gasteiger partial charge in [0.05, 0.1) is 12.8 Å². The van der Waals surface area contributed by atoms with Crippen molar-refractivity contribution < 1.29 is 19.5 Å². The van der Waals surface area contributed by atoms with Gasteiger partial charge in [-0.1, -0.05) is 0 Å². The molecule has 0 heterocycles. The number of aliphatic hydroxyl groups is 1. The largest absolute Gasteiger partial charge is 0.379 e. The third-order valence-corrected chi connectivity index (χ3v) is 9.89. The van der Waals surface area contributed by atoms with Gasteiger partial charge in [-0.25, -0.2) is 0 Å². The molecule has 0 saturated carbocycles. The summed E-state index contributed by atoms with van der Waals surface area (Å²) in [4.78, 5) is 39.1. The zero-order chi connectivity index (χ0) is 42.5. The van der Waals surface area contributed by atoms with E-state index in [4.69, 9.17) is 17.2 Å². The highest BCUT2D eigenvalue weighted by Gasteiger charge is 2.40. The summed E-state index contributed by atoms with van der Waals surface area (Å²) in [5.41, 5.74) is 14.4. The zero-order valence-corrected chi connectivity index (χ0v) is 36.8. The van der Waals surface area contributed by atoms with Crippen LogP contribution in [-0.4, -0.2) is 146 Å². The molecular weight excluding hydrogens is 737 g/mol. The molecule has 344 valence electrons. The Kier molecular flexibility index (Phi) is 43.0. The summed E-state index contributed by atoms with van der Waals surface area (Å²) in [5.74, 6) is -1.57. The van der Waals surface area contributed by atoms with Crippen LogP contribution in [0.2, 0.25) is 0 Å². The van der Waals surface area contributed by atoms with Gasteiger partial charge in [0, 0.05) is 19.6 Å². The van der Waals surface area contributed by atoms with E-state index in [0.717, 1.165) is 214 Å². The van der Waals surface area contributed by atoms with E-state index in [-0.39, 0.29) is 0 Å². The Bertz CT molecular complexity index is 876. The molecule has 0 unspecified atom stereocenters. The van der Waals surface area contributed by atoms with Crippen molar-refractivity contribution in [3.05, 3.63) is 0 Å². The van der Waals surface area contributed by atoms with Crippen molar-refractivity contribution in [2.45, 2.75) is 134 Å². The van der Waals surface area contributed by atoms with Gasteiger partial charge in [0.25, 0.3) is 5.91 Å². The number of carbonyl (C=O) groups is 3. The molecule has 0 bridgehead atoms. The maximum Gasteiger partial charge on any atom is 0.253 e. The van der Waals surface area contributed by atoms with Crippen molar-refractivity contribution in [3.8, 4) is 0 Å². The van der Waals surface area contributed by atoms with E-state index >= 15 is 0 Å². The Labute approximate surface area is 353 Å². The predicted molar refractivity (Wildman–Crippen MR) is 241 cm³/mol. The molecule has 0 aromatic carbocycles. The summed E-state index contributed by atoms with van der Waals surface area (Å²) in [6.07, 6.45) is 17.2. The van der Waals surface area contributed by atoms with E-state index in [0.29, 0.717) is 19.6 Å². The fourth-order valence-corrected chi connectivity index (χ4v) is 6.26. The first-order valence-electron chi connectivity index (χ1n) is 23.3. The van der Waals surface area contributed by atoms with Crippen LogP contribution in [0, 0.1) is 0 Å². The second kappa shape index (κ2) is 44.6. The van der Waals surface area contributed by atoms with Gasteiger partial charge in [0.2, 0.25) is 11.8 Å². The summed E-state index contributed by atoms with van der Waals surface area (Å²) in [5, 5.41) is 40.6. The molecule has 0 aromatic rings. The maximum atomic E-state index is 13.3. The molecule has 16 N–H and O–H groups in total. The van der Waals surface area contributed by atoms with Crippen molar-refractivity contribution in [1.29, 1.82) is 0 Å². The SMILES string of the molecule is NCCCCNCCCCNCCCCNC(=O)CC(O)(CC(=O)NCCCCNCCCCNCCCCN)C(=O)NCCCCNCCCCNCCCCN. The van der Waals surface area contributed by atoms with Gasteiger partial charge in [-0.2, -0.15) is 0 Å². The molecule has 0 aliphatic heterocycles. The number of nitrogens with one attached hydrogen (secondary N) is 9. The molecule has 16 heteroatoms. The van der Waals surface area contributed by atoms with Gasteiger partial charge in [0.15, 0.2) is 5.60 Å². The number of rotatable bonds is 47. The summed E-state index contributed by atoms with van der Waals surface area (Å²) >= 11 is 0. The molecule has 0 rings (SSSR count). The van der Waals surface area contributed by atoms with Gasteiger partial charge in [0.1, 0.15) is 0 Å². The maximum absolute atomic E-state index is 13.3. The molecule has 0 saturated heterocycles. The first kappa shape index (κ1) is 56.0. The number of hydrogen-bond donors (Lipinski definition) is 13. The number of hydrogen-bond acceptors (Lipinski definition) is 13. The van der Waals surface area contributed by atoms with Crippen molar-refractivity contribution in [1.82, 2.24) is 47.9 Å². The topological polar surface area (TPSA) is 258 Å². The highest BCUT2D eigenvalue weighted by Crippen LogP contribution is 2.17. The molecule has 3 amide bonds. The second-order valence-electron chi connectivity index (χ2n) is 15.6. The fraction of sp³-hybridized carbons (Fsp3) is 0.929. The Morgan fingerprint density at radius 3 is 0.776 bits per heavy atom. The summed E-state index contributed by atoms with van der Waals surface area (Å²) < 4.78 is 0. The molecule has 0 radical (unpaired) electrons. The normalized spacial score (nSPS) is 11.6. The van der Waals surface area contributed by atoms with Crippen molar-refractivity contribution in [2.24, 2.45) is 17.2 Å². The third kappa shape index (κ3) is 39.5. The molecule has 0 atom stereocenters. The van der Waals surface area contributed by atoms with Crippen LogP contribution in [0.15, 0.2) is 0 Å².